The first-order valence-corrected chi connectivity index (χ1v) is 7.56. The zero-order chi connectivity index (χ0) is 14.8. The van der Waals surface area contributed by atoms with Crippen LogP contribution < -0.4 is 11.1 Å². The number of nitrogens with two attached hydrogens (primary N) is 1. The van der Waals surface area contributed by atoms with E-state index in [-0.39, 0.29) is 23.2 Å². The average molecular weight is 296 g/mol. The maximum Gasteiger partial charge on any atom is 0.222 e. The van der Waals surface area contributed by atoms with E-state index >= 15 is 0 Å². The topological polar surface area (TPSA) is 98.0 Å². The summed E-state index contributed by atoms with van der Waals surface area (Å²) < 4.78 is 36.0. The second kappa shape index (κ2) is 5.41. The summed E-state index contributed by atoms with van der Waals surface area (Å²) in [6.45, 7) is 0.289. The number of anilines is 2. The summed E-state index contributed by atoms with van der Waals surface area (Å²) >= 11 is 0. The second-order valence-corrected chi connectivity index (χ2v) is 6.21. The van der Waals surface area contributed by atoms with Crippen LogP contribution in [0.1, 0.15) is 5.56 Å². The van der Waals surface area contributed by atoms with E-state index in [0.29, 0.717) is 0 Å². The lowest BCUT2D eigenvalue weighted by Gasteiger charge is -2.07. The van der Waals surface area contributed by atoms with Gasteiger partial charge in [-0.05, 0) is 17.7 Å². The fourth-order valence-corrected chi connectivity index (χ4v) is 2.18. The highest BCUT2D eigenvalue weighted by Gasteiger charge is 2.07. The SMILES string of the molecule is CS(=O)(=O)c1ccc(CNc2nc(N)ncc2F)cc1. The monoisotopic (exact) mass is 296 g/mol. The number of hydrogen-bond donors (Lipinski definition) is 2. The first-order chi connectivity index (χ1) is 9.36. The van der Waals surface area contributed by atoms with Crippen molar-refractivity contribution in [3.8, 4) is 0 Å². The van der Waals surface area contributed by atoms with Crippen LogP contribution in [0.4, 0.5) is 16.2 Å². The van der Waals surface area contributed by atoms with Gasteiger partial charge in [-0.25, -0.2) is 17.8 Å². The Morgan fingerprint density at radius 3 is 2.55 bits per heavy atom. The van der Waals surface area contributed by atoms with Gasteiger partial charge in [0, 0.05) is 12.8 Å². The van der Waals surface area contributed by atoms with Gasteiger partial charge < -0.3 is 11.1 Å². The molecule has 2 rings (SSSR count). The Kier molecular flexibility index (Phi) is 3.84. The van der Waals surface area contributed by atoms with Crippen molar-refractivity contribution in [3.05, 3.63) is 41.8 Å². The van der Waals surface area contributed by atoms with Crippen LogP contribution >= 0.6 is 0 Å². The van der Waals surface area contributed by atoms with E-state index < -0.39 is 15.7 Å². The number of rotatable bonds is 4. The van der Waals surface area contributed by atoms with Crippen LogP contribution in [0.5, 0.6) is 0 Å². The number of nitrogens with zero attached hydrogens (tertiary/aromatic N) is 2. The third-order valence-corrected chi connectivity index (χ3v) is 3.70. The molecular weight excluding hydrogens is 283 g/mol. The molecule has 0 atom stereocenters. The molecule has 0 radical (unpaired) electrons. The molecular formula is C12H13FN4O2S. The van der Waals surface area contributed by atoms with E-state index in [9.17, 15) is 12.8 Å². The van der Waals surface area contributed by atoms with Gasteiger partial charge in [-0.2, -0.15) is 4.98 Å². The summed E-state index contributed by atoms with van der Waals surface area (Å²) in [5.74, 6) is -0.627. The molecule has 106 valence electrons. The lowest BCUT2D eigenvalue weighted by molar-refractivity contribution is 0.602. The quantitative estimate of drug-likeness (QED) is 0.880. The molecule has 0 aliphatic rings. The van der Waals surface area contributed by atoms with Crippen LogP contribution in [-0.4, -0.2) is 24.6 Å². The number of nitrogen functional groups attached to an aromatic ring is 1. The molecule has 1 aromatic heterocycles. The van der Waals surface area contributed by atoms with Crippen molar-refractivity contribution in [2.24, 2.45) is 0 Å². The highest BCUT2D eigenvalue weighted by molar-refractivity contribution is 7.90. The van der Waals surface area contributed by atoms with Crippen molar-refractivity contribution in [1.82, 2.24) is 9.97 Å². The summed E-state index contributed by atoms with van der Waals surface area (Å²) in [6, 6.07) is 6.28. The van der Waals surface area contributed by atoms with Gasteiger partial charge in [0.05, 0.1) is 11.1 Å². The summed E-state index contributed by atoms with van der Waals surface area (Å²) in [5.41, 5.74) is 6.15. The number of halogens is 1. The molecule has 0 unspecified atom stereocenters. The van der Waals surface area contributed by atoms with Crippen LogP contribution in [0.25, 0.3) is 0 Å². The molecule has 0 aliphatic carbocycles. The molecule has 0 saturated carbocycles. The Morgan fingerprint density at radius 2 is 1.95 bits per heavy atom. The summed E-state index contributed by atoms with van der Waals surface area (Å²) in [6.07, 6.45) is 2.12. The van der Waals surface area contributed by atoms with E-state index in [1.54, 1.807) is 12.1 Å². The maximum absolute atomic E-state index is 13.4. The van der Waals surface area contributed by atoms with E-state index in [1.807, 2.05) is 0 Å². The van der Waals surface area contributed by atoms with Gasteiger partial charge in [-0.15, -0.1) is 0 Å². The number of sulfone groups is 1. The van der Waals surface area contributed by atoms with E-state index in [2.05, 4.69) is 15.3 Å². The van der Waals surface area contributed by atoms with Crippen molar-refractivity contribution < 1.29 is 12.8 Å². The van der Waals surface area contributed by atoms with Crippen LogP contribution in [-0.2, 0) is 16.4 Å². The Morgan fingerprint density at radius 1 is 1.30 bits per heavy atom. The largest absolute Gasteiger partial charge is 0.368 e. The Hall–Kier alpha value is -2.22. The van der Waals surface area contributed by atoms with Crippen molar-refractivity contribution in [1.29, 1.82) is 0 Å². The zero-order valence-corrected chi connectivity index (χ0v) is 11.5. The van der Waals surface area contributed by atoms with Gasteiger partial charge in [0.15, 0.2) is 21.5 Å². The molecule has 3 N–H and O–H groups in total. The number of benzene rings is 1. The normalized spacial score (nSPS) is 11.3. The minimum absolute atomic E-state index is 0.00434. The molecule has 0 fully saturated rings. The fraction of sp³-hybridized carbons (Fsp3) is 0.167. The molecule has 0 bridgehead atoms. The molecule has 8 heteroatoms. The van der Waals surface area contributed by atoms with Crippen molar-refractivity contribution in [2.75, 3.05) is 17.3 Å². The fourth-order valence-electron chi connectivity index (χ4n) is 1.55. The molecule has 0 spiro atoms. The van der Waals surface area contributed by atoms with Crippen molar-refractivity contribution in [2.45, 2.75) is 11.4 Å². The van der Waals surface area contributed by atoms with Crippen LogP contribution in [0.3, 0.4) is 0 Å². The maximum atomic E-state index is 13.4. The van der Waals surface area contributed by atoms with Crippen LogP contribution in [0, 0.1) is 5.82 Å². The Balaban J connectivity index is 2.10. The minimum atomic E-state index is -3.22. The average Bonchev–Trinajstić information content (AvgIpc) is 2.39. The van der Waals surface area contributed by atoms with Crippen molar-refractivity contribution in [3.63, 3.8) is 0 Å². The molecule has 20 heavy (non-hydrogen) atoms. The van der Waals surface area contributed by atoms with E-state index in [1.165, 1.54) is 12.1 Å². The standard InChI is InChI=1S/C12H13FN4O2S/c1-20(18,19)9-4-2-8(3-5-9)6-15-11-10(13)7-16-12(14)17-11/h2-5,7H,6H2,1H3,(H3,14,15,16,17). The first-order valence-electron chi connectivity index (χ1n) is 5.67. The minimum Gasteiger partial charge on any atom is -0.368 e. The summed E-state index contributed by atoms with van der Waals surface area (Å²) in [5, 5.41) is 2.77. The van der Waals surface area contributed by atoms with Gasteiger partial charge in [-0.3, -0.25) is 0 Å². The third kappa shape index (κ3) is 3.41. The van der Waals surface area contributed by atoms with Gasteiger partial charge in [0.1, 0.15) is 0 Å². The smallest absolute Gasteiger partial charge is 0.222 e. The predicted molar refractivity (Wildman–Crippen MR) is 73.3 cm³/mol. The molecule has 1 aromatic carbocycles. The number of aromatic nitrogens is 2. The van der Waals surface area contributed by atoms with E-state index in [0.717, 1.165) is 18.0 Å². The van der Waals surface area contributed by atoms with Gasteiger partial charge in [0.2, 0.25) is 5.95 Å². The highest BCUT2D eigenvalue weighted by Crippen LogP contribution is 2.14. The first kappa shape index (κ1) is 14.2. The Bertz CT molecular complexity index is 717. The lowest BCUT2D eigenvalue weighted by Crippen LogP contribution is -2.07. The lowest BCUT2D eigenvalue weighted by atomic mass is 10.2. The molecule has 0 amide bonds. The van der Waals surface area contributed by atoms with Crippen LogP contribution in [0.2, 0.25) is 0 Å². The number of nitrogens with one attached hydrogen (secondary N) is 1. The van der Waals surface area contributed by atoms with Crippen LogP contribution in [0.15, 0.2) is 35.4 Å². The zero-order valence-electron chi connectivity index (χ0n) is 10.7. The molecule has 0 saturated heterocycles. The molecule has 0 aliphatic heterocycles. The predicted octanol–water partition coefficient (Wildman–Crippen LogP) is 1.21. The van der Waals surface area contributed by atoms with E-state index in [4.69, 9.17) is 5.73 Å². The third-order valence-electron chi connectivity index (χ3n) is 2.57. The summed E-state index contributed by atoms with van der Waals surface area (Å²) in [4.78, 5) is 7.48. The van der Waals surface area contributed by atoms with Gasteiger partial charge >= 0.3 is 0 Å². The molecule has 1 heterocycles. The number of hydrogen-bond acceptors (Lipinski definition) is 6. The van der Waals surface area contributed by atoms with Gasteiger partial charge in [0.25, 0.3) is 0 Å². The molecule has 2 aromatic rings. The summed E-state index contributed by atoms with van der Waals surface area (Å²) in [7, 11) is -3.22. The van der Waals surface area contributed by atoms with Gasteiger partial charge in [-0.1, -0.05) is 12.1 Å². The second-order valence-electron chi connectivity index (χ2n) is 4.19. The van der Waals surface area contributed by atoms with Crippen molar-refractivity contribution >= 4 is 21.6 Å². The molecule has 6 nitrogen and oxygen atoms in total. The highest BCUT2D eigenvalue weighted by atomic mass is 32.2. The Labute approximate surface area is 115 Å².